The predicted octanol–water partition coefficient (Wildman–Crippen LogP) is 1.90. The van der Waals surface area contributed by atoms with Crippen LogP contribution in [0.1, 0.15) is 18.9 Å². The topological polar surface area (TPSA) is 78.5 Å². The highest BCUT2D eigenvalue weighted by molar-refractivity contribution is 6.01. The standard InChI is InChI=1S/C22H25N3O3/c1-16(21(27)23-13-12-17-8-4-2-5-9-17)24-22(28)18-14-20(26)25(15-18)19-10-6-3-7-11-19/h2-11,16,18H,12-15H2,1H3,(H,23,27)(H,24,28)/t16-,18?/m1/s1. The van der Waals surface area contributed by atoms with Gasteiger partial charge in [-0.2, -0.15) is 0 Å². The highest BCUT2D eigenvalue weighted by Crippen LogP contribution is 2.24. The van der Waals surface area contributed by atoms with E-state index >= 15 is 0 Å². The number of carbonyl (C=O) groups is 3. The van der Waals surface area contributed by atoms with Crippen LogP contribution in [0.25, 0.3) is 0 Å². The molecular weight excluding hydrogens is 354 g/mol. The summed E-state index contributed by atoms with van der Waals surface area (Å²) in [6.07, 6.45) is 0.888. The minimum absolute atomic E-state index is 0.0775. The molecule has 3 amide bonds. The van der Waals surface area contributed by atoms with Gasteiger partial charge in [0.2, 0.25) is 17.7 Å². The number of carbonyl (C=O) groups excluding carboxylic acids is 3. The minimum Gasteiger partial charge on any atom is -0.354 e. The summed E-state index contributed by atoms with van der Waals surface area (Å²) in [6, 6.07) is 18.5. The summed E-state index contributed by atoms with van der Waals surface area (Å²) in [5.74, 6) is -1.02. The quantitative estimate of drug-likeness (QED) is 0.771. The molecular formula is C22H25N3O3. The van der Waals surface area contributed by atoms with Crippen molar-refractivity contribution in [3.05, 3.63) is 66.2 Å². The van der Waals surface area contributed by atoms with E-state index in [1.54, 1.807) is 11.8 Å². The smallest absolute Gasteiger partial charge is 0.242 e. The van der Waals surface area contributed by atoms with Crippen LogP contribution in [-0.4, -0.2) is 36.9 Å². The number of rotatable bonds is 7. The Morgan fingerprint density at radius 3 is 2.39 bits per heavy atom. The molecule has 2 N–H and O–H groups in total. The third-order valence-electron chi connectivity index (χ3n) is 4.87. The van der Waals surface area contributed by atoms with Crippen molar-refractivity contribution in [3.63, 3.8) is 0 Å². The van der Waals surface area contributed by atoms with E-state index in [0.717, 1.165) is 17.7 Å². The van der Waals surface area contributed by atoms with Crippen molar-refractivity contribution in [2.45, 2.75) is 25.8 Å². The zero-order valence-electron chi connectivity index (χ0n) is 15.9. The second-order valence-corrected chi connectivity index (χ2v) is 7.00. The summed E-state index contributed by atoms with van der Waals surface area (Å²) < 4.78 is 0. The lowest BCUT2D eigenvalue weighted by Crippen LogP contribution is -2.47. The molecule has 0 radical (unpaired) electrons. The molecule has 1 aliphatic heterocycles. The fraction of sp³-hybridized carbons (Fsp3) is 0.318. The van der Waals surface area contributed by atoms with Crippen LogP contribution in [-0.2, 0) is 20.8 Å². The maximum Gasteiger partial charge on any atom is 0.242 e. The maximum atomic E-state index is 12.5. The van der Waals surface area contributed by atoms with Crippen molar-refractivity contribution in [1.29, 1.82) is 0 Å². The molecule has 0 bridgehead atoms. The fourth-order valence-corrected chi connectivity index (χ4v) is 3.27. The summed E-state index contributed by atoms with van der Waals surface area (Å²) in [4.78, 5) is 38.6. The molecule has 146 valence electrons. The normalized spacial score (nSPS) is 17.2. The number of hydrogen-bond acceptors (Lipinski definition) is 3. The van der Waals surface area contributed by atoms with Crippen LogP contribution in [0.2, 0.25) is 0 Å². The van der Waals surface area contributed by atoms with Gasteiger partial charge in [0.1, 0.15) is 6.04 Å². The molecule has 2 atom stereocenters. The lowest BCUT2D eigenvalue weighted by atomic mass is 10.1. The number of nitrogens with zero attached hydrogens (tertiary/aromatic N) is 1. The van der Waals surface area contributed by atoms with E-state index in [2.05, 4.69) is 10.6 Å². The summed E-state index contributed by atoms with van der Waals surface area (Å²) >= 11 is 0. The third-order valence-corrected chi connectivity index (χ3v) is 4.87. The van der Waals surface area contributed by atoms with Crippen LogP contribution in [0.3, 0.4) is 0 Å². The Labute approximate surface area is 164 Å². The van der Waals surface area contributed by atoms with Crippen LogP contribution in [0.15, 0.2) is 60.7 Å². The molecule has 2 aromatic rings. The first-order chi connectivity index (χ1) is 13.5. The zero-order chi connectivity index (χ0) is 19.9. The van der Waals surface area contributed by atoms with Crippen LogP contribution >= 0.6 is 0 Å². The number of nitrogens with one attached hydrogen (secondary N) is 2. The average molecular weight is 379 g/mol. The van der Waals surface area contributed by atoms with Crippen molar-refractivity contribution in [2.24, 2.45) is 5.92 Å². The lowest BCUT2D eigenvalue weighted by Gasteiger charge is -2.18. The van der Waals surface area contributed by atoms with Crippen LogP contribution in [0.5, 0.6) is 0 Å². The summed E-state index contributed by atoms with van der Waals surface area (Å²) in [5.41, 5.74) is 1.93. The maximum absolute atomic E-state index is 12.5. The van der Waals surface area contributed by atoms with Crippen molar-refractivity contribution >= 4 is 23.4 Å². The molecule has 1 heterocycles. The molecule has 28 heavy (non-hydrogen) atoms. The first-order valence-electron chi connectivity index (χ1n) is 9.52. The third kappa shape index (κ3) is 4.97. The van der Waals surface area contributed by atoms with Gasteiger partial charge in [0.15, 0.2) is 0 Å². The second-order valence-electron chi connectivity index (χ2n) is 7.00. The Bertz CT molecular complexity index is 823. The van der Waals surface area contributed by atoms with Crippen LogP contribution in [0, 0.1) is 5.92 Å². The average Bonchev–Trinajstić information content (AvgIpc) is 3.11. The van der Waals surface area contributed by atoms with Gasteiger partial charge in [0, 0.05) is 25.2 Å². The van der Waals surface area contributed by atoms with Gasteiger partial charge in [-0.3, -0.25) is 14.4 Å². The fourth-order valence-electron chi connectivity index (χ4n) is 3.27. The van der Waals surface area contributed by atoms with Gasteiger partial charge in [0.05, 0.1) is 5.92 Å². The number of anilines is 1. The van der Waals surface area contributed by atoms with E-state index in [1.165, 1.54) is 0 Å². The van der Waals surface area contributed by atoms with E-state index in [0.29, 0.717) is 13.1 Å². The minimum atomic E-state index is -0.649. The SMILES string of the molecule is C[C@@H](NC(=O)C1CC(=O)N(c2ccccc2)C1)C(=O)NCCc1ccccc1. The first kappa shape index (κ1) is 19.6. The van der Waals surface area contributed by atoms with Crippen LogP contribution in [0.4, 0.5) is 5.69 Å². The van der Waals surface area contributed by atoms with Crippen LogP contribution < -0.4 is 15.5 Å². The second kappa shape index (κ2) is 9.17. The molecule has 1 unspecified atom stereocenters. The van der Waals surface area contributed by atoms with E-state index in [4.69, 9.17) is 0 Å². The number of hydrogen-bond donors (Lipinski definition) is 2. The number of para-hydroxylation sites is 1. The molecule has 2 aromatic carbocycles. The molecule has 0 spiro atoms. The van der Waals surface area contributed by atoms with Gasteiger partial charge < -0.3 is 15.5 Å². The number of benzene rings is 2. The van der Waals surface area contributed by atoms with Gasteiger partial charge in [-0.05, 0) is 31.0 Å². The van der Waals surface area contributed by atoms with E-state index in [-0.39, 0.29) is 24.1 Å². The van der Waals surface area contributed by atoms with E-state index in [1.807, 2.05) is 60.7 Å². The van der Waals surface area contributed by atoms with Gasteiger partial charge >= 0.3 is 0 Å². The van der Waals surface area contributed by atoms with Crippen molar-refractivity contribution in [3.8, 4) is 0 Å². The molecule has 6 heteroatoms. The lowest BCUT2D eigenvalue weighted by molar-refractivity contribution is -0.130. The monoisotopic (exact) mass is 379 g/mol. The van der Waals surface area contributed by atoms with Crippen molar-refractivity contribution in [1.82, 2.24) is 10.6 Å². The Kier molecular flexibility index (Phi) is 6.42. The highest BCUT2D eigenvalue weighted by Gasteiger charge is 2.35. The summed E-state index contributed by atoms with van der Waals surface area (Å²) in [6.45, 7) is 2.49. The summed E-state index contributed by atoms with van der Waals surface area (Å²) in [5, 5.41) is 5.57. The first-order valence-corrected chi connectivity index (χ1v) is 9.52. The Balaban J connectivity index is 1.46. The Hall–Kier alpha value is -3.15. The molecule has 0 saturated carbocycles. The van der Waals surface area contributed by atoms with E-state index in [9.17, 15) is 14.4 Å². The Morgan fingerprint density at radius 1 is 1.07 bits per heavy atom. The molecule has 1 fully saturated rings. The van der Waals surface area contributed by atoms with Gasteiger partial charge in [0.25, 0.3) is 0 Å². The zero-order valence-corrected chi connectivity index (χ0v) is 15.9. The van der Waals surface area contributed by atoms with Gasteiger partial charge in [-0.15, -0.1) is 0 Å². The van der Waals surface area contributed by atoms with E-state index < -0.39 is 12.0 Å². The Morgan fingerprint density at radius 2 is 1.71 bits per heavy atom. The highest BCUT2D eigenvalue weighted by atomic mass is 16.2. The molecule has 3 rings (SSSR count). The number of amides is 3. The molecule has 6 nitrogen and oxygen atoms in total. The predicted molar refractivity (Wildman–Crippen MR) is 108 cm³/mol. The molecule has 1 saturated heterocycles. The van der Waals surface area contributed by atoms with Gasteiger partial charge in [-0.25, -0.2) is 0 Å². The van der Waals surface area contributed by atoms with Crippen molar-refractivity contribution in [2.75, 3.05) is 18.0 Å². The van der Waals surface area contributed by atoms with Crippen molar-refractivity contribution < 1.29 is 14.4 Å². The molecule has 0 aromatic heterocycles. The molecule has 0 aliphatic carbocycles. The molecule has 1 aliphatic rings. The largest absolute Gasteiger partial charge is 0.354 e. The summed E-state index contributed by atoms with van der Waals surface area (Å²) in [7, 11) is 0. The van der Waals surface area contributed by atoms with Gasteiger partial charge in [-0.1, -0.05) is 48.5 Å².